The van der Waals surface area contributed by atoms with Crippen LogP contribution in [-0.2, 0) is 4.74 Å². The van der Waals surface area contributed by atoms with Crippen LogP contribution in [0.25, 0.3) is 0 Å². The van der Waals surface area contributed by atoms with E-state index in [9.17, 15) is 26.3 Å². The molecule has 1 rings (SSSR count). The van der Waals surface area contributed by atoms with E-state index in [1.807, 2.05) is 4.90 Å². The second-order valence-electron chi connectivity index (χ2n) is 4.30. The summed E-state index contributed by atoms with van der Waals surface area (Å²) in [4.78, 5) is 2.03. The van der Waals surface area contributed by atoms with Crippen LogP contribution in [0.1, 0.15) is 0 Å². The topological polar surface area (TPSA) is 24.5 Å². The Bertz CT molecular complexity index is 266. The summed E-state index contributed by atoms with van der Waals surface area (Å²) in [7, 11) is 0. The summed E-state index contributed by atoms with van der Waals surface area (Å²) < 4.78 is 81.1. The number of nitrogens with one attached hydrogen (secondary N) is 1. The van der Waals surface area contributed by atoms with Crippen LogP contribution < -0.4 is 4.72 Å². The molecule has 0 amide bonds. The minimum Gasteiger partial charge on any atom is -0.379 e. The molecule has 1 fully saturated rings. The molecule has 1 aliphatic rings. The first-order valence-corrected chi connectivity index (χ1v) is 6.98. The molecule has 0 aromatic carbocycles. The lowest BCUT2D eigenvalue weighted by Gasteiger charge is -2.26. The molecule has 1 heterocycles. The lowest BCUT2D eigenvalue weighted by atomic mass is 10.1. The summed E-state index contributed by atoms with van der Waals surface area (Å²) in [5.74, 6) is -4.37. The van der Waals surface area contributed by atoms with Gasteiger partial charge in [0.2, 0.25) is 0 Å². The fourth-order valence-corrected chi connectivity index (χ4v) is 2.52. The molecule has 0 aromatic heterocycles. The van der Waals surface area contributed by atoms with Gasteiger partial charge in [0.15, 0.2) is 5.92 Å². The molecular formula is C10H16F6N2OS. The molecule has 10 heteroatoms. The number of morpholine rings is 1. The summed E-state index contributed by atoms with van der Waals surface area (Å²) in [5.41, 5.74) is 0. The predicted octanol–water partition coefficient (Wildman–Crippen LogP) is 2.30. The maximum absolute atomic E-state index is 12.2. The molecule has 0 unspecified atom stereocenters. The number of rotatable bonds is 6. The van der Waals surface area contributed by atoms with Gasteiger partial charge in [-0.15, -0.1) is 0 Å². The normalized spacial score (nSPS) is 18.8. The van der Waals surface area contributed by atoms with Crippen LogP contribution in [0.3, 0.4) is 0 Å². The van der Waals surface area contributed by atoms with Gasteiger partial charge in [-0.25, -0.2) is 0 Å². The standard InChI is InChI=1S/C10H16F6N2OS/c11-9(12,13)8(10(14,15)16)7-20-17-1-2-18-3-5-19-6-4-18/h8,17H,1-7H2. The van der Waals surface area contributed by atoms with Crippen LogP contribution >= 0.6 is 11.9 Å². The molecule has 120 valence electrons. The molecule has 0 saturated carbocycles. The smallest absolute Gasteiger partial charge is 0.379 e. The monoisotopic (exact) mass is 326 g/mol. The van der Waals surface area contributed by atoms with E-state index in [2.05, 4.69) is 4.72 Å². The summed E-state index contributed by atoms with van der Waals surface area (Å²) in [5, 5.41) is 0. The van der Waals surface area contributed by atoms with Gasteiger partial charge in [0.1, 0.15) is 0 Å². The van der Waals surface area contributed by atoms with E-state index < -0.39 is 24.0 Å². The minimum atomic E-state index is -5.27. The van der Waals surface area contributed by atoms with E-state index >= 15 is 0 Å². The van der Waals surface area contributed by atoms with Crippen LogP contribution in [0.2, 0.25) is 0 Å². The van der Waals surface area contributed by atoms with Crippen molar-refractivity contribution in [2.75, 3.05) is 45.1 Å². The van der Waals surface area contributed by atoms with Crippen molar-refractivity contribution in [1.29, 1.82) is 0 Å². The number of hydrogen-bond donors (Lipinski definition) is 1. The van der Waals surface area contributed by atoms with Crippen molar-refractivity contribution in [3.63, 3.8) is 0 Å². The van der Waals surface area contributed by atoms with E-state index in [1.165, 1.54) is 0 Å². The number of halogens is 6. The number of hydrogen-bond acceptors (Lipinski definition) is 4. The lowest BCUT2D eigenvalue weighted by molar-refractivity contribution is -0.276. The van der Waals surface area contributed by atoms with E-state index in [4.69, 9.17) is 4.74 Å². The van der Waals surface area contributed by atoms with Crippen LogP contribution in [-0.4, -0.2) is 62.4 Å². The van der Waals surface area contributed by atoms with Crippen molar-refractivity contribution in [3.05, 3.63) is 0 Å². The molecule has 0 radical (unpaired) electrons. The molecule has 1 aliphatic heterocycles. The molecule has 0 bridgehead atoms. The zero-order chi connectivity index (χ0) is 15.2. The molecular weight excluding hydrogens is 310 g/mol. The third kappa shape index (κ3) is 6.51. The van der Waals surface area contributed by atoms with Crippen LogP contribution in [0.5, 0.6) is 0 Å². The highest BCUT2D eigenvalue weighted by atomic mass is 32.2. The van der Waals surface area contributed by atoms with Gasteiger partial charge in [-0.2, -0.15) is 26.3 Å². The predicted molar refractivity (Wildman–Crippen MR) is 63.3 cm³/mol. The fraction of sp³-hybridized carbons (Fsp3) is 1.00. The van der Waals surface area contributed by atoms with Gasteiger partial charge in [-0.3, -0.25) is 9.62 Å². The average Bonchev–Trinajstić information content (AvgIpc) is 2.31. The molecule has 1 saturated heterocycles. The highest BCUT2D eigenvalue weighted by Crippen LogP contribution is 2.40. The van der Waals surface area contributed by atoms with Crippen LogP contribution in [0, 0.1) is 5.92 Å². The maximum Gasteiger partial charge on any atom is 0.401 e. The quantitative estimate of drug-likeness (QED) is 0.460. The van der Waals surface area contributed by atoms with Crippen molar-refractivity contribution < 1.29 is 31.1 Å². The van der Waals surface area contributed by atoms with E-state index in [0.29, 0.717) is 38.3 Å². The average molecular weight is 326 g/mol. The molecule has 20 heavy (non-hydrogen) atoms. The Balaban J connectivity index is 2.20. The maximum atomic E-state index is 12.2. The molecule has 0 spiro atoms. The summed E-state index contributed by atoms with van der Waals surface area (Å²) in [6, 6.07) is 0. The van der Waals surface area contributed by atoms with Gasteiger partial charge in [0, 0.05) is 31.9 Å². The van der Waals surface area contributed by atoms with Gasteiger partial charge < -0.3 is 4.74 Å². The van der Waals surface area contributed by atoms with Gasteiger partial charge in [-0.05, 0) is 0 Å². The summed E-state index contributed by atoms with van der Waals surface area (Å²) >= 11 is 0.456. The Morgan fingerprint density at radius 3 is 2.10 bits per heavy atom. The Morgan fingerprint density at radius 1 is 1.05 bits per heavy atom. The third-order valence-corrected chi connectivity index (χ3v) is 3.68. The summed E-state index contributed by atoms with van der Waals surface area (Å²) in [6.45, 7) is 3.53. The highest BCUT2D eigenvalue weighted by Gasteiger charge is 2.56. The number of alkyl halides is 6. The molecule has 3 nitrogen and oxygen atoms in total. The molecule has 0 aromatic rings. The van der Waals surface area contributed by atoms with Crippen molar-refractivity contribution in [2.24, 2.45) is 5.92 Å². The van der Waals surface area contributed by atoms with E-state index in [-0.39, 0.29) is 0 Å². The number of ether oxygens (including phenoxy) is 1. The molecule has 0 atom stereocenters. The van der Waals surface area contributed by atoms with Crippen molar-refractivity contribution in [1.82, 2.24) is 9.62 Å². The highest BCUT2D eigenvalue weighted by molar-refractivity contribution is 7.97. The largest absolute Gasteiger partial charge is 0.401 e. The first-order valence-electron chi connectivity index (χ1n) is 5.99. The van der Waals surface area contributed by atoms with Gasteiger partial charge in [0.25, 0.3) is 0 Å². The zero-order valence-corrected chi connectivity index (χ0v) is 11.4. The third-order valence-electron chi connectivity index (χ3n) is 2.78. The lowest BCUT2D eigenvalue weighted by Crippen LogP contribution is -2.40. The molecule has 0 aliphatic carbocycles. The Labute approximate surface area is 117 Å². The van der Waals surface area contributed by atoms with Gasteiger partial charge >= 0.3 is 12.4 Å². The van der Waals surface area contributed by atoms with Crippen LogP contribution in [0.4, 0.5) is 26.3 Å². The Kier molecular flexibility index (Phi) is 6.89. The summed E-state index contributed by atoms with van der Waals surface area (Å²) in [6.07, 6.45) is -10.5. The zero-order valence-electron chi connectivity index (χ0n) is 10.6. The first kappa shape index (κ1) is 17.9. The van der Waals surface area contributed by atoms with Crippen molar-refractivity contribution in [3.8, 4) is 0 Å². The van der Waals surface area contributed by atoms with Crippen molar-refractivity contribution >= 4 is 11.9 Å². The van der Waals surface area contributed by atoms with E-state index in [0.717, 1.165) is 13.1 Å². The Morgan fingerprint density at radius 2 is 1.60 bits per heavy atom. The second kappa shape index (κ2) is 7.71. The minimum absolute atomic E-state index is 0.326. The van der Waals surface area contributed by atoms with Crippen LogP contribution in [0.15, 0.2) is 0 Å². The fourth-order valence-electron chi connectivity index (χ4n) is 1.62. The van der Waals surface area contributed by atoms with Crippen molar-refractivity contribution in [2.45, 2.75) is 12.4 Å². The van der Waals surface area contributed by atoms with E-state index in [1.54, 1.807) is 0 Å². The Hall–Kier alpha value is -0.190. The van der Waals surface area contributed by atoms with Gasteiger partial charge in [-0.1, -0.05) is 11.9 Å². The van der Waals surface area contributed by atoms with Gasteiger partial charge in [0.05, 0.1) is 13.2 Å². The first-order chi connectivity index (χ1) is 9.21. The number of nitrogens with zero attached hydrogens (tertiary/aromatic N) is 1. The second-order valence-corrected chi connectivity index (χ2v) is 5.21. The molecule has 1 N–H and O–H groups in total. The SMILES string of the molecule is FC(F)(F)C(CSNCCN1CCOCC1)C(F)(F)F.